The Kier molecular flexibility index (Phi) is 22.9. The van der Waals surface area contributed by atoms with Gasteiger partial charge in [0.2, 0.25) is 0 Å². The fourth-order valence-corrected chi connectivity index (χ4v) is 59.0. The van der Waals surface area contributed by atoms with Gasteiger partial charge in [-0.15, -0.1) is 0 Å². The summed E-state index contributed by atoms with van der Waals surface area (Å²) in [6, 6.07) is 127. The summed E-state index contributed by atoms with van der Waals surface area (Å²) in [5.74, 6) is 0. The molecule has 0 atom stereocenters. The second-order valence-electron chi connectivity index (χ2n) is 26.2. The van der Waals surface area contributed by atoms with Crippen LogP contribution in [0.25, 0.3) is 0 Å². The van der Waals surface area contributed by atoms with Crippen LogP contribution in [0.1, 0.15) is 0 Å². The van der Waals surface area contributed by atoms with Gasteiger partial charge in [-0.05, 0) is 0 Å². The van der Waals surface area contributed by atoms with Crippen molar-refractivity contribution in [1.29, 1.82) is 0 Å². The quantitative estimate of drug-likeness (QED) is 0.0409. The predicted octanol–water partition coefficient (Wildman–Crippen LogP) is 11.5. The van der Waals surface area contributed by atoms with E-state index in [2.05, 4.69) is 350 Å². The summed E-state index contributed by atoms with van der Waals surface area (Å²) in [5, 5.41) is 12.3. The van der Waals surface area contributed by atoms with Crippen molar-refractivity contribution in [2.45, 2.75) is 58.9 Å². The van der Waals surface area contributed by atoms with Crippen LogP contribution < -0.4 is 62.2 Å². The standard InChI is InChI=1S/3C27H29O3Si3.Fe/c3*1-31(24-16-8-4-9-17-24,25-18-10-5-11-19-25)29-33(3,28)30-32(2,26-20-12-6-13-21-26)27-22-14-7-15-23-27;/h3*4-23H,1-3H3;/q3*-1;+3. The van der Waals surface area contributed by atoms with Gasteiger partial charge in [-0.25, -0.2) is 0 Å². The van der Waals surface area contributed by atoms with E-state index in [4.69, 9.17) is 35.2 Å². The summed E-state index contributed by atoms with van der Waals surface area (Å²) < 4.78 is 75.6. The van der Waals surface area contributed by atoms with Crippen molar-refractivity contribution in [1.82, 2.24) is 0 Å². The van der Waals surface area contributed by atoms with Gasteiger partial charge >= 0.3 is 612 Å². The molecule has 12 aromatic rings. The third kappa shape index (κ3) is 16.3. The molecule has 12 rings (SSSR count). The second-order valence-corrected chi connectivity index (χ2v) is 58.6. The van der Waals surface area contributed by atoms with Gasteiger partial charge in [0.15, 0.2) is 0 Å². The van der Waals surface area contributed by atoms with E-state index < -0.39 is 91.2 Å². The molecule has 0 aliphatic rings. The zero-order valence-electron chi connectivity index (χ0n) is 58.2. The van der Waals surface area contributed by atoms with E-state index in [1.807, 2.05) is 72.8 Å². The topological polar surface area (TPSA) is 83.1 Å². The van der Waals surface area contributed by atoms with E-state index in [1.54, 1.807) is 0 Å². The first-order valence-corrected chi connectivity index (χ1v) is 56.4. The van der Waals surface area contributed by atoms with Crippen LogP contribution >= 0.6 is 0 Å². The summed E-state index contributed by atoms with van der Waals surface area (Å²) >= 11 is -3.23. The molecule has 12 aromatic carbocycles. The van der Waals surface area contributed by atoms with E-state index in [0.717, 1.165) is 62.2 Å². The molecular formula is C81H87FeO9Si9. The van der Waals surface area contributed by atoms with Crippen molar-refractivity contribution in [3.05, 3.63) is 364 Å². The zero-order valence-corrected chi connectivity index (χ0v) is 68.3. The van der Waals surface area contributed by atoms with E-state index in [9.17, 15) is 0 Å². The van der Waals surface area contributed by atoms with Crippen molar-refractivity contribution in [3.63, 3.8) is 0 Å². The fourth-order valence-electron chi connectivity index (χ4n) is 13.5. The van der Waals surface area contributed by atoms with Gasteiger partial charge in [0.25, 0.3) is 0 Å². The summed E-state index contributed by atoms with van der Waals surface area (Å²) in [7, 11) is -34.2. The van der Waals surface area contributed by atoms with Gasteiger partial charge in [-0.2, -0.15) is 0 Å². The molecule has 0 saturated heterocycles. The first-order valence-electron chi connectivity index (χ1n) is 33.9. The summed E-state index contributed by atoms with van der Waals surface area (Å²) in [5.41, 5.74) is 0. The van der Waals surface area contributed by atoms with Gasteiger partial charge in [0, 0.05) is 0 Å². The number of hydrogen-bond acceptors (Lipinski definition) is 9. The Balaban J connectivity index is 1.16. The molecule has 0 fully saturated rings. The Morgan fingerprint density at radius 1 is 0.150 bits per heavy atom. The third-order valence-corrected chi connectivity index (χ3v) is 61.2. The van der Waals surface area contributed by atoms with Crippen molar-refractivity contribution in [3.8, 4) is 0 Å². The Labute approximate surface area is 606 Å². The minimum absolute atomic E-state index is 1.03. The average molecular weight is 1510 g/mol. The second kappa shape index (κ2) is 31.6. The van der Waals surface area contributed by atoms with Crippen molar-refractivity contribution in [2.75, 3.05) is 0 Å². The maximum atomic E-state index is 8.42. The first kappa shape index (κ1) is 72.5. The SMILES string of the molecule is C[Si]([O][Fe]([O][Si](C)(O[Si](C)(c1ccccc1)c1ccccc1)O[Si](C)(c1ccccc1)c1ccccc1)[O][Si](C)(O[Si](C)(c1ccccc1)c1ccccc1)O[Si](C)(c1ccccc1)c1ccccc1)(O[Si](C)(c1ccccc1)c1ccccc1)O[Si](C)(c1ccccc1)c1ccccc1. The molecule has 0 bridgehead atoms. The Morgan fingerprint density at radius 3 is 0.330 bits per heavy atom. The summed E-state index contributed by atoms with van der Waals surface area (Å²) in [6.07, 6.45) is 0. The molecule has 0 saturated carbocycles. The summed E-state index contributed by atoms with van der Waals surface area (Å²) in [4.78, 5) is 0. The van der Waals surface area contributed by atoms with Crippen LogP contribution in [0, 0.1) is 0 Å². The van der Waals surface area contributed by atoms with E-state index in [1.165, 1.54) is 0 Å². The average Bonchev–Trinajstić information content (AvgIpc) is 0.750. The van der Waals surface area contributed by atoms with Gasteiger partial charge < -0.3 is 0 Å². The monoisotopic (exact) mass is 1510 g/mol. The summed E-state index contributed by atoms with van der Waals surface area (Å²) in [6.45, 7) is 19.7. The number of benzene rings is 12. The molecule has 100 heavy (non-hydrogen) atoms. The molecule has 0 aromatic heterocycles. The molecule has 0 N–H and O–H groups in total. The molecule has 0 aliphatic carbocycles. The molecule has 19 heteroatoms. The molecule has 0 amide bonds. The molecule has 9 nitrogen and oxygen atoms in total. The minimum atomic E-state index is -4.48. The number of hydrogen-bond donors (Lipinski definition) is 0. The van der Waals surface area contributed by atoms with Gasteiger partial charge in [0.05, 0.1) is 0 Å². The van der Waals surface area contributed by atoms with Crippen LogP contribution in [0.2, 0.25) is 58.9 Å². The van der Waals surface area contributed by atoms with Gasteiger partial charge in [-0.3, -0.25) is 0 Å². The molecule has 0 unspecified atom stereocenters. The fraction of sp³-hybridized carbons (Fsp3) is 0.111. The molecule has 0 aliphatic heterocycles. The van der Waals surface area contributed by atoms with Crippen LogP contribution in [-0.4, -0.2) is 76.3 Å². The molecule has 0 spiro atoms. The van der Waals surface area contributed by atoms with E-state index >= 15 is 0 Å². The Bertz CT molecular complexity index is 3520. The van der Waals surface area contributed by atoms with Crippen LogP contribution in [0.15, 0.2) is 364 Å². The van der Waals surface area contributed by atoms with Crippen molar-refractivity contribution < 1.29 is 50.1 Å². The van der Waals surface area contributed by atoms with E-state index in [-0.39, 0.29) is 0 Å². The predicted molar refractivity (Wildman–Crippen MR) is 427 cm³/mol. The van der Waals surface area contributed by atoms with Crippen LogP contribution in [-0.2, 0) is 50.1 Å². The van der Waals surface area contributed by atoms with Crippen LogP contribution in [0.4, 0.5) is 0 Å². The normalized spacial score (nSPS) is 13.0. The Hall–Kier alpha value is -7.25. The van der Waals surface area contributed by atoms with Gasteiger partial charge in [-0.1, -0.05) is 0 Å². The van der Waals surface area contributed by atoms with Crippen LogP contribution in [0.3, 0.4) is 0 Å². The molecular weight excluding hydrogens is 1430 g/mol. The van der Waals surface area contributed by atoms with E-state index in [0.29, 0.717) is 0 Å². The van der Waals surface area contributed by atoms with Gasteiger partial charge in [0.1, 0.15) is 0 Å². The first-order chi connectivity index (χ1) is 48.3. The Morgan fingerprint density at radius 2 is 0.240 bits per heavy atom. The zero-order chi connectivity index (χ0) is 69.8. The molecule has 509 valence electrons. The van der Waals surface area contributed by atoms with Crippen LogP contribution in [0.5, 0.6) is 0 Å². The van der Waals surface area contributed by atoms with Crippen molar-refractivity contribution in [2.24, 2.45) is 0 Å². The third-order valence-electron chi connectivity index (χ3n) is 18.8. The molecule has 0 radical (unpaired) electrons. The van der Waals surface area contributed by atoms with Crippen molar-refractivity contribution >= 4 is 139 Å². The maximum absolute atomic E-state index is 8.42. The molecule has 0 heterocycles. The number of rotatable bonds is 30.